The Bertz CT molecular complexity index is 720. The molecule has 0 aliphatic rings. The van der Waals surface area contributed by atoms with Crippen LogP contribution in [0.5, 0.6) is 0 Å². The van der Waals surface area contributed by atoms with Crippen molar-refractivity contribution >= 4 is 29.1 Å². The standard InChI is InChI=1S/C15H12ClN3O3/c16-12-2-1-11(8-17)13(7-12)19-15(21)14(20)18-5-3-10-4-6-22-9-10/h1-2,4,6-7,9H,3,5H2,(H,18,20)(H,19,21). The van der Waals surface area contributed by atoms with Crippen LogP contribution in [0.1, 0.15) is 11.1 Å². The monoisotopic (exact) mass is 317 g/mol. The summed E-state index contributed by atoms with van der Waals surface area (Å²) in [7, 11) is 0. The summed E-state index contributed by atoms with van der Waals surface area (Å²) in [5.74, 6) is -1.64. The van der Waals surface area contributed by atoms with Crippen molar-refractivity contribution in [2.45, 2.75) is 6.42 Å². The number of benzene rings is 1. The SMILES string of the molecule is N#Cc1ccc(Cl)cc1NC(=O)C(=O)NCCc1ccoc1. The van der Waals surface area contributed by atoms with Crippen LogP contribution in [0, 0.1) is 11.3 Å². The van der Waals surface area contributed by atoms with Crippen molar-refractivity contribution in [1.29, 1.82) is 5.26 Å². The summed E-state index contributed by atoms with van der Waals surface area (Å²) >= 11 is 5.81. The lowest BCUT2D eigenvalue weighted by atomic mass is 10.2. The average Bonchev–Trinajstić information content (AvgIpc) is 3.00. The normalized spacial score (nSPS) is 9.82. The second kappa shape index (κ2) is 7.29. The summed E-state index contributed by atoms with van der Waals surface area (Å²) in [6.45, 7) is 0.298. The molecule has 0 saturated carbocycles. The molecule has 1 aromatic carbocycles. The third-order valence-electron chi connectivity index (χ3n) is 2.84. The van der Waals surface area contributed by atoms with Gasteiger partial charge in [-0.25, -0.2) is 0 Å². The van der Waals surface area contributed by atoms with Gasteiger partial charge in [-0.1, -0.05) is 11.6 Å². The topological polar surface area (TPSA) is 95.1 Å². The van der Waals surface area contributed by atoms with Crippen LogP contribution in [-0.2, 0) is 16.0 Å². The van der Waals surface area contributed by atoms with Gasteiger partial charge in [-0.3, -0.25) is 9.59 Å². The van der Waals surface area contributed by atoms with Gasteiger partial charge in [0.15, 0.2) is 0 Å². The van der Waals surface area contributed by atoms with Crippen molar-refractivity contribution in [2.75, 3.05) is 11.9 Å². The van der Waals surface area contributed by atoms with Gasteiger partial charge in [0.1, 0.15) is 6.07 Å². The molecule has 6 nitrogen and oxygen atoms in total. The molecule has 1 aromatic heterocycles. The fraction of sp³-hybridized carbons (Fsp3) is 0.133. The quantitative estimate of drug-likeness (QED) is 0.844. The van der Waals surface area contributed by atoms with E-state index >= 15 is 0 Å². The Morgan fingerprint density at radius 2 is 2.09 bits per heavy atom. The van der Waals surface area contributed by atoms with E-state index in [1.54, 1.807) is 12.3 Å². The number of furan rings is 1. The number of amides is 2. The van der Waals surface area contributed by atoms with Crippen molar-refractivity contribution in [1.82, 2.24) is 5.32 Å². The van der Waals surface area contributed by atoms with Gasteiger partial charge in [0.25, 0.3) is 0 Å². The predicted molar refractivity (Wildman–Crippen MR) is 80.2 cm³/mol. The second-order valence-electron chi connectivity index (χ2n) is 4.39. The third-order valence-corrected chi connectivity index (χ3v) is 3.07. The molecular formula is C15H12ClN3O3. The van der Waals surface area contributed by atoms with E-state index in [1.165, 1.54) is 24.5 Å². The van der Waals surface area contributed by atoms with Crippen molar-refractivity contribution in [3.05, 3.63) is 52.9 Å². The number of hydrogen-bond acceptors (Lipinski definition) is 4. The zero-order valence-electron chi connectivity index (χ0n) is 11.4. The first-order chi connectivity index (χ1) is 10.6. The molecule has 0 spiro atoms. The van der Waals surface area contributed by atoms with E-state index in [0.717, 1.165) is 5.56 Å². The molecule has 2 N–H and O–H groups in total. The number of nitriles is 1. The van der Waals surface area contributed by atoms with Crippen molar-refractivity contribution in [3.63, 3.8) is 0 Å². The third kappa shape index (κ3) is 4.11. The summed E-state index contributed by atoms with van der Waals surface area (Å²) in [6, 6.07) is 8.10. The molecule has 0 bridgehead atoms. The Balaban J connectivity index is 1.90. The zero-order valence-corrected chi connectivity index (χ0v) is 12.2. The highest BCUT2D eigenvalue weighted by Crippen LogP contribution is 2.20. The van der Waals surface area contributed by atoms with Gasteiger partial charge in [0.2, 0.25) is 0 Å². The number of rotatable bonds is 4. The van der Waals surface area contributed by atoms with Crippen molar-refractivity contribution < 1.29 is 14.0 Å². The molecule has 0 atom stereocenters. The van der Waals surface area contributed by atoms with Gasteiger partial charge in [-0.15, -0.1) is 0 Å². The highest BCUT2D eigenvalue weighted by atomic mass is 35.5. The van der Waals surface area contributed by atoms with Crippen LogP contribution in [0.15, 0.2) is 41.2 Å². The molecule has 0 aliphatic carbocycles. The van der Waals surface area contributed by atoms with E-state index in [2.05, 4.69) is 10.6 Å². The lowest BCUT2D eigenvalue weighted by molar-refractivity contribution is -0.136. The maximum absolute atomic E-state index is 11.8. The van der Waals surface area contributed by atoms with Crippen LogP contribution in [-0.4, -0.2) is 18.4 Å². The number of anilines is 1. The van der Waals surface area contributed by atoms with Crippen LogP contribution < -0.4 is 10.6 Å². The number of nitrogens with one attached hydrogen (secondary N) is 2. The minimum atomic E-state index is -0.856. The molecule has 0 saturated heterocycles. The summed E-state index contributed by atoms with van der Waals surface area (Å²) < 4.78 is 4.90. The molecule has 22 heavy (non-hydrogen) atoms. The minimum absolute atomic E-state index is 0.199. The molecule has 0 fully saturated rings. The van der Waals surface area contributed by atoms with E-state index < -0.39 is 11.8 Å². The lowest BCUT2D eigenvalue weighted by Gasteiger charge is -2.07. The summed E-state index contributed by atoms with van der Waals surface area (Å²) in [5.41, 5.74) is 1.34. The maximum Gasteiger partial charge on any atom is 0.313 e. The van der Waals surface area contributed by atoms with Crippen LogP contribution in [0.3, 0.4) is 0 Å². The Morgan fingerprint density at radius 3 is 2.77 bits per heavy atom. The molecule has 7 heteroatoms. The summed E-state index contributed by atoms with van der Waals surface area (Å²) in [5, 5.41) is 14.2. The fourth-order valence-corrected chi connectivity index (χ4v) is 1.90. The molecule has 0 unspecified atom stereocenters. The predicted octanol–water partition coefficient (Wildman–Crippen LogP) is 2.10. The Morgan fingerprint density at radius 1 is 1.27 bits per heavy atom. The Labute approximate surface area is 131 Å². The highest BCUT2D eigenvalue weighted by molar-refractivity contribution is 6.40. The van der Waals surface area contributed by atoms with E-state index in [4.69, 9.17) is 21.3 Å². The molecular weight excluding hydrogens is 306 g/mol. The first-order valence-corrected chi connectivity index (χ1v) is 6.78. The van der Waals surface area contributed by atoms with Gasteiger partial charge in [-0.2, -0.15) is 5.26 Å². The molecule has 2 aromatic rings. The van der Waals surface area contributed by atoms with Crippen LogP contribution in [0.25, 0.3) is 0 Å². The number of nitrogens with zero attached hydrogens (tertiary/aromatic N) is 1. The highest BCUT2D eigenvalue weighted by Gasteiger charge is 2.15. The Hall–Kier alpha value is -2.78. The number of carbonyl (C=O) groups is 2. The van der Waals surface area contributed by atoms with Crippen molar-refractivity contribution in [2.24, 2.45) is 0 Å². The van der Waals surface area contributed by atoms with Crippen LogP contribution in [0.4, 0.5) is 5.69 Å². The van der Waals surface area contributed by atoms with Crippen LogP contribution >= 0.6 is 11.6 Å². The van der Waals surface area contributed by atoms with Crippen molar-refractivity contribution in [3.8, 4) is 6.07 Å². The smallest absolute Gasteiger partial charge is 0.313 e. The summed E-state index contributed by atoms with van der Waals surface area (Å²) in [4.78, 5) is 23.5. The van der Waals surface area contributed by atoms with E-state index in [9.17, 15) is 9.59 Å². The largest absolute Gasteiger partial charge is 0.472 e. The first kappa shape index (κ1) is 15.6. The van der Waals surface area contributed by atoms with E-state index in [1.807, 2.05) is 6.07 Å². The molecule has 1 heterocycles. The molecule has 2 amide bonds. The number of halogens is 1. The van der Waals surface area contributed by atoms with E-state index in [0.29, 0.717) is 18.0 Å². The number of hydrogen-bond donors (Lipinski definition) is 2. The number of carbonyl (C=O) groups excluding carboxylic acids is 2. The zero-order chi connectivity index (χ0) is 15.9. The average molecular weight is 318 g/mol. The maximum atomic E-state index is 11.8. The van der Waals surface area contributed by atoms with Gasteiger partial charge in [0.05, 0.1) is 23.8 Å². The summed E-state index contributed by atoms with van der Waals surface area (Å²) in [6.07, 6.45) is 3.65. The van der Waals surface area contributed by atoms with Gasteiger partial charge < -0.3 is 15.1 Å². The molecule has 2 rings (SSSR count). The molecule has 0 radical (unpaired) electrons. The molecule has 112 valence electrons. The lowest BCUT2D eigenvalue weighted by Crippen LogP contribution is -2.36. The van der Waals surface area contributed by atoms with Gasteiger partial charge >= 0.3 is 11.8 Å². The van der Waals surface area contributed by atoms with E-state index in [-0.39, 0.29) is 11.3 Å². The van der Waals surface area contributed by atoms with Gasteiger partial charge in [0, 0.05) is 11.6 Å². The first-order valence-electron chi connectivity index (χ1n) is 6.40. The van der Waals surface area contributed by atoms with Crippen LogP contribution in [0.2, 0.25) is 5.02 Å². The van der Waals surface area contributed by atoms with Gasteiger partial charge in [-0.05, 0) is 36.2 Å². The minimum Gasteiger partial charge on any atom is -0.472 e. The molecule has 0 aliphatic heterocycles. The fourth-order valence-electron chi connectivity index (χ4n) is 1.73. The Kier molecular flexibility index (Phi) is 5.17. The second-order valence-corrected chi connectivity index (χ2v) is 4.83.